The van der Waals surface area contributed by atoms with Crippen molar-refractivity contribution in [2.45, 2.75) is 19.4 Å². The smallest absolute Gasteiger partial charge is 0.131 e. The van der Waals surface area contributed by atoms with Crippen molar-refractivity contribution in [1.29, 1.82) is 0 Å². The van der Waals surface area contributed by atoms with Crippen molar-refractivity contribution >= 4 is 0 Å². The lowest BCUT2D eigenvalue weighted by atomic mass is 10.0. The van der Waals surface area contributed by atoms with Gasteiger partial charge in [-0.3, -0.25) is 0 Å². The molecule has 0 saturated heterocycles. The SMILES string of the molecule is CCNC(CCN(C)CCO)c1c(F)cccc1OC. The average Bonchev–Trinajstić information content (AvgIpc) is 2.44. The number of nitrogens with one attached hydrogen (secondary N) is 1. The molecule has 1 unspecified atom stereocenters. The summed E-state index contributed by atoms with van der Waals surface area (Å²) in [5, 5.41) is 12.2. The molecule has 1 atom stereocenters. The summed E-state index contributed by atoms with van der Waals surface area (Å²) in [5.74, 6) is 0.320. The Kier molecular flexibility index (Phi) is 7.51. The Labute approximate surface area is 120 Å². The Bertz CT molecular complexity index is 401. The summed E-state index contributed by atoms with van der Waals surface area (Å²) in [4.78, 5) is 2.03. The Morgan fingerprint density at radius 3 is 2.75 bits per heavy atom. The van der Waals surface area contributed by atoms with Crippen LogP contribution in [0.2, 0.25) is 0 Å². The van der Waals surface area contributed by atoms with Crippen LogP contribution in [0.4, 0.5) is 4.39 Å². The van der Waals surface area contributed by atoms with E-state index in [4.69, 9.17) is 9.84 Å². The van der Waals surface area contributed by atoms with Gasteiger partial charge in [-0.1, -0.05) is 13.0 Å². The van der Waals surface area contributed by atoms with Crippen molar-refractivity contribution in [3.8, 4) is 5.75 Å². The highest BCUT2D eigenvalue weighted by molar-refractivity contribution is 5.37. The van der Waals surface area contributed by atoms with Crippen LogP contribution in [0.5, 0.6) is 5.75 Å². The van der Waals surface area contributed by atoms with Gasteiger partial charge in [0.1, 0.15) is 11.6 Å². The van der Waals surface area contributed by atoms with Crippen molar-refractivity contribution in [3.05, 3.63) is 29.6 Å². The quantitative estimate of drug-likeness (QED) is 0.726. The number of rotatable bonds is 9. The van der Waals surface area contributed by atoms with Gasteiger partial charge in [0, 0.05) is 18.2 Å². The molecule has 0 aliphatic rings. The Balaban J connectivity index is 2.85. The van der Waals surface area contributed by atoms with Crippen LogP contribution in [0, 0.1) is 5.82 Å². The summed E-state index contributed by atoms with van der Waals surface area (Å²) in [6.45, 7) is 4.28. The van der Waals surface area contributed by atoms with Crippen LogP contribution in [-0.2, 0) is 0 Å². The van der Waals surface area contributed by atoms with Gasteiger partial charge >= 0.3 is 0 Å². The van der Waals surface area contributed by atoms with Gasteiger partial charge in [0.2, 0.25) is 0 Å². The van der Waals surface area contributed by atoms with Crippen molar-refractivity contribution in [2.75, 3.05) is 40.4 Å². The topological polar surface area (TPSA) is 44.7 Å². The van der Waals surface area contributed by atoms with E-state index in [0.717, 1.165) is 19.5 Å². The van der Waals surface area contributed by atoms with Crippen LogP contribution in [0.3, 0.4) is 0 Å². The summed E-state index contributed by atoms with van der Waals surface area (Å²) in [7, 11) is 3.50. The molecule has 0 heterocycles. The highest BCUT2D eigenvalue weighted by Gasteiger charge is 2.19. The molecule has 0 spiro atoms. The molecule has 1 aromatic carbocycles. The van der Waals surface area contributed by atoms with E-state index in [1.54, 1.807) is 19.2 Å². The number of aliphatic hydroxyl groups excluding tert-OH is 1. The number of benzene rings is 1. The van der Waals surface area contributed by atoms with E-state index in [1.807, 2.05) is 18.9 Å². The Hall–Kier alpha value is -1.17. The fraction of sp³-hybridized carbons (Fsp3) is 0.600. The molecule has 0 bridgehead atoms. The van der Waals surface area contributed by atoms with Gasteiger partial charge in [-0.15, -0.1) is 0 Å². The van der Waals surface area contributed by atoms with E-state index in [2.05, 4.69) is 5.32 Å². The zero-order valence-electron chi connectivity index (χ0n) is 12.5. The second-order valence-electron chi connectivity index (χ2n) is 4.78. The molecule has 0 aliphatic carbocycles. The first-order chi connectivity index (χ1) is 9.63. The van der Waals surface area contributed by atoms with Crippen molar-refractivity contribution in [1.82, 2.24) is 10.2 Å². The highest BCUT2D eigenvalue weighted by atomic mass is 19.1. The highest BCUT2D eigenvalue weighted by Crippen LogP contribution is 2.29. The molecule has 0 aliphatic heterocycles. The molecule has 20 heavy (non-hydrogen) atoms. The predicted octanol–water partition coefficient (Wildman–Crippen LogP) is 1.80. The minimum atomic E-state index is -0.250. The summed E-state index contributed by atoms with van der Waals surface area (Å²) in [6, 6.07) is 4.79. The molecule has 1 rings (SSSR count). The lowest BCUT2D eigenvalue weighted by molar-refractivity contribution is 0.214. The number of likely N-dealkylation sites (N-methyl/N-ethyl adjacent to an activating group) is 1. The lowest BCUT2D eigenvalue weighted by Gasteiger charge is -2.24. The average molecular weight is 284 g/mol. The third kappa shape index (κ3) is 4.74. The molecular formula is C15H25FN2O2. The second kappa shape index (κ2) is 8.89. The largest absolute Gasteiger partial charge is 0.496 e. The number of methoxy groups -OCH3 is 1. The molecule has 0 aromatic heterocycles. The summed E-state index contributed by atoms with van der Waals surface area (Å²) in [5.41, 5.74) is 0.578. The first-order valence-electron chi connectivity index (χ1n) is 6.99. The second-order valence-corrected chi connectivity index (χ2v) is 4.78. The van der Waals surface area contributed by atoms with Crippen LogP contribution in [-0.4, -0.2) is 50.4 Å². The maximum Gasteiger partial charge on any atom is 0.131 e. The minimum absolute atomic E-state index is 0.0997. The van der Waals surface area contributed by atoms with Crippen LogP contribution in [0.25, 0.3) is 0 Å². The molecule has 114 valence electrons. The van der Waals surface area contributed by atoms with E-state index in [1.165, 1.54) is 6.07 Å². The minimum Gasteiger partial charge on any atom is -0.496 e. The van der Waals surface area contributed by atoms with Crippen LogP contribution >= 0.6 is 0 Å². The fourth-order valence-corrected chi connectivity index (χ4v) is 2.26. The predicted molar refractivity (Wildman–Crippen MR) is 78.6 cm³/mol. The third-order valence-electron chi connectivity index (χ3n) is 3.31. The molecule has 0 fully saturated rings. The normalized spacial score (nSPS) is 12.7. The number of hydrogen-bond acceptors (Lipinski definition) is 4. The summed E-state index contributed by atoms with van der Waals surface area (Å²) >= 11 is 0. The van der Waals surface area contributed by atoms with E-state index in [0.29, 0.717) is 17.9 Å². The molecule has 2 N–H and O–H groups in total. The standard InChI is InChI=1S/C15H25FN2O2/c1-4-17-13(8-9-18(2)10-11-19)15-12(16)6-5-7-14(15)20-3/h5-7,13,17,19H,4,8-11H2,1-3H3. The summed E-state index contributed by atoms with van der Waals surface area (Å²) < 4.78 is 19.4. The van der Waals surface area contributed by atoms with Gasteiger partial charge in [0.25, 0.3) is 0 Å². The van der Waals surface area contributed by atoms with Gasteiger partial charge in [0.15, 0.2) is 0 Å². The van der Waals surface area contributed by atoms with Gasteiger partial charge in [-0.05, 0) is 38.7 Å². The maximum atomic E-state index is 14.1. The number of nitrogens with zero attached hydrogens (tertiary/aromatic N) is 1. The maximum absolute atomic E-state index is 14.1. The Morgan fingerprint density at radius 1 is 1.40 bits per heavy atom. The molecule has 1 aromatic rings. The van der Waals surface area contributed by atoms with E-state index < -0.39 is 0 Å². The van der Waals surface area contributed by atoms with E-state index in [9.17, 15) is 4.39 Å². The lowest BCUT2D eigenvalue weighted by Crippen LogP contribution is -2.29. The monoisotopic (exact) mass is 284 g/mol. The number of ether oxygens (including phenoxy) is 1. The van der Waals surface area contributed by atoms with Crippen molar-refractivity contribution in [2.24, 2.45) is 0 Å². The zero-order chi connectivity index (χ0) is 15.0. The van der Waals surface area contributed by atoms with Crippen molar-refractivity contribution < 1.29 is 14.2 Å². The fourth-order valence-electron chi connectivity index (χ4n) is 2.26. The van der Waals surface area contributed by atoms with Crippen LogP contribution < -0.4 is 10.1 Å². The molecule has 0 saturated carbocycles. The Morgan fingerprint density at radius 2 is 2.15 bits per heavy atom. The number of aliphatic hydroxyl groups is 1. The van der Waals surface area contributed by atoms with E-state index >= 15 is 0 Å². The first kappa shape index (κ1) is 16.9. The first-order valence-corrected chi connectivity index (χ1v) is 6.99. The number of hydrogen-bond donors (Lipinski definition) is 2. The van der Waals surface area contributed by atoms with Gasteiger partial charge < -0.3 is 20.1 Å². The van der Waals surface area contributed by atoms with Crippen LogP contribution in [0.15, 0.2) is 18.2 Å². The molecule has 0 radical (unpaired) electrons. The van der Waals surface area contributed by atoms with Gasteiger partial charge in [-0.25, -0.2) is 4.39 Å². The molecular weight excluding hydrogens is 259 g/mol. The third-order valence-corrected chi connectivity index (χ3v) is 3.31. The summed E-state index contributed by atoms with van der Waals surface area (Å²) in [6.07, 6.45) is 0.752. The molecule has 5 heteroatoms. The number of halogens is 1. The van der Waals surface area contributed by atoms with Crippen LogP contribution in [0.1, 0.15) is 24.9 Å². The zero-order valence-corrected chi connectivity index (χ0v) is 12.5. The van der Waals surface area contributed by atoms with Gasteiger partial charge in [0.05, 0.1) is 13.7 Å². The molecule has 0 amide bonds. The van der Waals surface area contributed by atoms with E-state index in [-0.39, 0.29) is 18.5 Å². The van der Waals surface area contributed by atoms with Crippen molar-refractivity contribution in [3.63, 3.8) is 0 Å². The van der Waals surface area contributed by atoms with Gasteiger partial charge in [-0.2, -0.15) is 0 Å². The molecule has 4 nitrogen and oxygen atoms in total.